The van der Waals surface area contributed by atoms with E-state index in [1.807, 2.05) is 0 Å². The molecule has 4 nitrogen and oxygen atoms in total. The first kappa shape index (κ1) is 26.5. The Morgan fingerprint density at radius 3 is 1.84 bits per heavy atom. The van der Waals surface area contributed by atoms with Crippen molar-refractivity contribution in [3.63, 3.8) is 0 Å². The van der Waals surface area contributed by atoms with E-state index in [0.29, 0.717) is 12.5 Å². The Bertz CT molecular complexity index is 327. The van der Waals surface area contributed by atoms with Crippen LogP contribution in [0, 0.1) is 0 Å². The number of nitrogens with zero attached hydrogens (tertiary/aromatic N) is 2. The molecule has 5 heteroatoms. The lowest BCUT2D eigenvalue weighted by Crippen LogP contribution is -2.10. The molecular weight excluding hydrogens is 332 g/mol. The molecule has 0 aromatic heterocycles. The minimum absolute atomic E-state index is 0.117. The lowest BCUT2D eigenvalue weighted by atomic mass is 10.0. The van der Waals surface area contributed by atoms with E-state index in [-0.39, 0.29) is 5.78 Å². The summed E-state index contributed by atoms with van der Waals surface area (Å²) >= 11 is 1.01. The number of Topliss-reactive ketones (excluding diaryl/α,β-unsaturated/α-hetero) is 1. The molecule has 1 rings (SSSR count). The molecule has 0 atom stereocenters. The minimum Gasteiger partial charge on any atom is -0.378 e. The summed E-state index contributed by atoms with van der Waals surface area (Å²) in [5.74, 6) is 0.117. The average molecular weight is 373 g/mol. The fourth-order valence-electron chi connectivity index (χ4n) is 2.36. The van der Waals surface area contributed by atoms with Crippen LogP contribution in [0.25, 0.3) is 0 Å². The van der Waals surface area contributed by atoms with Crippen molar-refractivity contribution in [2.75, 3.05) is 6.61 Å². The zero-order valence-electron chi connectivity index (χ0n) is 17.2. The molecule has 0 radical (unpaired) electrons. The lowest BCUT2D eigenvalue weighted by Gasteiger charge is -2.11. The summed E-state index contributed by atoms with van der Waals surface area (Å²) in [5.41, 5.74) is 0.782. The van der Waals surface area contributed by atoms with Gasteiger partial charge in [0.2, 0.25) is 0 Å². The monoisotopic (exact) mass is 372 g/mol. The van der Waals surface area contributed by atoms with Gasteiger partial charge in [-0.25, -0.2) is 8.80 Å². The van der Waals surface area contributed by atoms with E-state index in [1.165, 1.54) is 45.4 Å². The van der Waals surface area contributed by atoms with Gasteiger partial charge in [0.25, 0.3) is 0 Å². The highest BCUT2D eigenvalue weighted by atomic mass is 32.2. The van der Waals surface area contributed by atoms with E-state index < -0.39 is 0 Å². The highest BCUT2D eigenvalue weighted by Gasteiger charge is 2.00. The maximum atomic E-state index is 10.5. The van der Waals surface area contributed by atoms with Gasteiger partial charge in [-0.1, -0.05) is 59.3 Å². The number of ketones is 1. The topological polar surface area (TPSA) is 51.0 Å². The number of ether oxygens (including phenoxy) is 1. The molecule has 0 spiro atoms. The lowest BCUT2D eigenvalue weighted by molar-refractivity contribution is -0.115. The van der Waals surface area contributed by atoms with Gasteiger partial charge in [0.1, 0.15) is 17.9 Å². The fraction of sp³-hybridized carbons (Fsp3) is 0.850. The molecule has 1 saturated carbocycles. The molecule has 0 saturated heterocycles. The van der Waals surface area contributed by atoms with Crippen molar-refractivity contribution < 1.29 is 9.53 Å². The Hall–Kier alpha value is -0.680. The van der Waals surface area contributed by atoms with E-state index in [9.17, 15) is 4.79 Å². The molecule has 0 bridgehead atoms. The van der Waals surface area contributed by atoms with Crippen LogP contribution in [0.3, 0.4) is 0 Å². The third kappa shape index (κ3) is 23.3. The standard InChI is InChI=1S/C8H18O.C6H10N2OS.C6H12/c1-4-7-9-8(5-2)6-3;1-5(4-6(2)9)8-10-7-3;1-2-4-6-5-3-1/h8H,4-7H2,1-3H3;3-4H2,1-2H3;1-6H2/b;8-5-;. The van der Waals surface area contributed by atoms with E-state index in [4.69, 9.17) is 4.74 Å². The van der Waals surface area contributed by atoms with E-state index in [2.05, 4.69) is 36.3 Å². The van der Waals surface area contributed by atoms with Crippen LogP contribution in [0.1, 0.15) is 98.8 Å². The highest BCUT2D eigenvalue weighted by molar-refractivity contribution is 7.96. The Morgan fingerprint density at radius 2 is 1.52 bits per heavy atom. The second-order valence-corrected chi connectivity index (χ2v) is 6.95. The zero-order chi connectivity index (χ0) is 19.3. The van der Waals surface area contributed by atoms with Gasteiger partial charge in [0.05, 0.1) is 6.10 Å². The normalized spacial score (nSPS) is 14.1. The van der Waals surface area contributed by atoms with E-state index in [1.54, 1.807) is 6.92 Å². The summed E-state index contributed by atoms with van der Waals surface area (Å²) in [4.78, 5) is 10.5. The quantitative estimate of drug-likeness (QED) is 0.337. The average Bonchev–Trinajstić information content (AvgIpc) is 2.63. The molecule has 1 aliphatic rings. The van der Waals surface area contributed by atoms with Crippen LogP contribution in [0.2, 0.25) is 0 Å². The second kappa shape index (κ2) is 21.4. The molecule has 1 aliphatic carbocycles. The van der Waals surface area contributed by atoms with Crippen LogP contribution in [0.5, 0.6) is 0 Å². The maximum absolute atomic E-state index is 10.5. The summed E-state index contributed by atoms with van der Waals surface area (Å²) in [6, 6.07) is 0. The predicted octanol–water partition coefficient (Wildman–Crippen LogP) is 6.63. The molecule has 0 aromatic rings. The van der Waals surface area contributed by atoms with Crippen molar-refractivity contribution in [3.05, 3.63) is 0 Å². The van der Waals surface area contributed by atoms with Gasteiger partial charge in [-0.15, -0.1) is 0 Å². The number of carbonyl (C=O) groups excluding carboxylic acids is 1. The highest BCUT2D eigenvalue weighted by Crippen LogP contribution is 2.15. The van der Waals surface area contributed by atoms with Crippen LogP contribution in [-0.2, 0) is 9.53 Å². The van der Waals surface area contributed by atoms with Gasteiger partial charge in [0, 0.05) is 25.5 Å². The van der Waals surface area contributed by atoms with Gasteiger partial charge in [-0.05, 0) is 33.1 Å². The van der Waals surface area contributed by atoms with Gasteiger partial charge >= 0.3 is 0 Å². The summed E-state index contributed by atoms with van der Waals surface area (Å²) in [6.45, 7) is 14.0. The number of carbonyl (C=O) groups is 1. The van der Waals surface area contributed by atoms with Crippen LogP contribution in [0.4, 0.5) is 0 Å². The molecule has 0 N–H and O–H groups in total. The van der Waals surface area contributed by atoms with Crippen molar-refractivity contribution in [1.29, 1.82) is 0 Å². The Balaban J connectivity index is 0. The van der Waals surface area contributed by atoms with Crippen LogP contribution in [0.15, 0.2) is 8.80 Å². The molecular formula is C20H40N2O2S. The molecule has 25 heavy (non-hydrogen) atoms. The summed E-state index contributed by atoms with van der Waals surface area (Å²) in [6.07, 6.45) is 13.3. The fourth-order valence-corrected chi connectivity index (χ4v) is 2.62. The largest absolute Gasteiger partial charge is 0.378 e. The summed E-state index contributed by atoms with van der Waals surface area (Å²) in [5, 5.41) is 0. The van der Waals surface area contributed by atoms with E-state index >= 15 is 0 Å². The Morgan fingerprint density at radius 1 is 1.04 bits per heavy atom. The van der Waals surface area contributed by atoms with Crippen molar-refractivity contribution in [3.8, 4) is 0 Å². The number of rotatable bonds is 9. The molecule has 0 heterocycles. The second-order valence-electron chi connectivity index (χ2n) is 6.35. The minimum atomic E-state index is 0.117. The van der Waals surface area contributed by atoms with Crippen molar-refractivity contribution in [2.45, 2.75) is 105 Å². The first-order chi connectivity index (χ1) is 12.0. The Labute approximate surface area is 160 Å². The smallest absolute Gasteiger partial charge is 0.135 e. The number of hydrogen-bond acceptors (Lipinski definition) is 5. The third-order valence-corrected chi connectivity index (χ3v) is 4.24. The summed E-state index contributed by atoms with van der Waals surface area (Å²) < 4.78 is 12.8. The predicted molar refractivity (Wildman–Crippen MR) is 114 cm³/mol. The third-order valence-electron chi connectivity index (χ3n) is 3.73. The van der Waals surface area contributed by atoms with Gasteiger partial charge < -0.3 is 4.74 Å². The maximum Gasteiger partial charge on any atom is 0.135 e. The zero-order valence-corrected chi connectivity index (χ0v) is 18.0. The van der Waals surface area contributed by atoms with Crippen molar-refractivity contribution >= 4 is 30.3 Å². The molecule has 1 fully saturated rings. The van der Waals surface area contributed by atoms with Crippen LogP contribution >= 0.6 is 12.1 Å². The molecule has 148 valence electrons. The number of hydrogen-bond donors (Lipinski definition) is 0. The van der Waals surface area contributed by atoms with Crippen LogP contribution < -0.4 is 0 Å². The first-order valence-electron chi connectivity index (χ1n) is 9.78. The van der Waals surface area contributed by atoms with E-state index in [0.717, 1.165) is 43.7 Å². The van der Waals surface area contributed by atoms with Gasteiger partial charge in [-0.2, -0.15) is 0 Å². The molecule has 0 amide bonds. The first-order valence-corrected chi connectivity index (χ1v) is 10.5. The van der Waals surface area contributed by atoms with Crippen molar-refractivity contribution in [2.24, 2.45) is 8.80 Å². The van der Waals surface area contributed by atoms with Gasteiger partial charge in [-0.3, -0.25) is 4.79 Å². The van der Waals surface area contributed by atoms with Gasteiger partial charge in [0.15, 0.2) is 0 Å². The van der Waals surface area contributed by atoms with Crippen molar-refractivity contribution in [1.82, 2.24) is 0 Å². The SMILES string of the molecule is C1CCCCC1.C=NS/N=C(/C)CC(C)=O.CCCOC(CC)CC. The molecule has 0 aliphatic heterocycles. The molecule has 0 aromatic carbocycles. The summed E-state index contributed by atoms with van der Waals surface area (Å²) in [7, 11) is 0. The molecule has 0 unspecified atom stereocenters. The Kier molecular flexibility index (Phi) is 22.7. The van der Waals surface area contributed by atoms with Crippen LogP contribution in [-0.4, -0.2) is 30.9 Å².